The number of urea groups is 1. The fourth-order valence-electron chi connectivity index (χ4n) is 1.45. The highest BCUT2D eigenvalue weighted by atomic mass is 16.6. The van der Waals surface area contributed by atoms with Gasteiger partial charge in [0.05, 0.1) is 0 Å². The van der Waals surface area contributed by atoms with E-state index in [9.17, 15) is 19.2 Å². The second kappa shape index (κ2) is 7.77. The van der Waals surface area contributed by atoms with Crippen LogP contribution < -0.4 is 15.8 Å². The first-order chi connectivity index (χ1) is 10.3. The van der Waals surface area contributed by atoms with Gasteiger partial charge in [0, 0.05) is 5.56 Å². The van der Waals surface area contributed by atoms with Crippen molar-refractivity contribution in [1.82, 2.24) is 5.32 Å². The quantitative estimate of drug-likeness (QED) is 0.578. The molecule has 0 saturated carbocycles. The van der Waals surface area contributed by atoms with Crippen molar-refractivity contribution in [3.05, 3.63) is 29.8 Å². The number of rotatable bonds is 6. The van der Waals surface area contributed by atoms with E-state index < -0.39 is 30.6 Å². The molecule has 22 heavy (non-hydrogen) atoms. The number of imide groups is 1. The number of hydrogen-bond acceptors (Lipinski definition) is 6. The van der Waals surface area contributed by atoms with E-state index in [1.165, 1.54) is 19.9 Å². The Labute approximate surface area is 126 Å². The number of ketones is 1. The predicted molar refractivity (Wildman–Crippen MR) is 75.2 cm³/mol. The third-order valence-electron chi connectivity index (χ3n) is 2.52. The summed E-state index contributed by atoms with van der Waals surface area (Å²) in [5.41, 5.74) is 5.22. The number of carbonyl (C=O) groups is 4. The van der Waals surface area contributed by atoms with Crippen LogP contribution in [0.4, 0.5) is 4.79 Å². The number of benzene rings is 1. The molecule has 1 atom stereocenters. The molecule has 0 aliphatic heterocycles. The molecule has 118 valence electrons. The summed E-state index contributed by atoms with van der Waals surface area (Å²) in [5, 5.41) is 1.79. The van der Waals surface area contributed by atoms with E-state index in [-0.39, 0.29) is 5.78 Å². The number of carbonyl (C=O) groups excluding carboxylic acids is 4. The first-order valence-electron chi connectivity index (χ1n) is 6.33. The summed E-state index contributed by atoms with van der Waals surface area (Å²) < 4.78 is 9.93. The van der Waals surface area contributed by atoms with E-state index >= 15 is 0 Å². The van der Waals surface area contributed by atoms with Crippen molar-refractivity contribution < 1.29 is 28.7 Å². The van der Waals surface area contributed by atoms with Crippen molar-refractivity contribution in [2.45, 2.75) is 20.0 Å². The highest BCUT2D eigenvalue weighted by Gasteiger charge is 2.19. The van der Waals surface area contributed by atoms with Crippen LogP contribution in [-0.2, 0) is 14.3 Å². The molecule has 1 aromatic carbocycles. The van der Waals surface area contributed by atoms with Gasteiger partial charge in [0.2, 0.25) is 0 Å². The zero-order valence-corrected chi connectivity index (χ0v) is 12.1. The van der Waals surface area contributed by atoms with E-state index in [0.717, 1.165) is 0 Å². The highest BCUT2D eigenvalue weighted by Crippen LogP contribution is 2.13. The Balaban J connectivity index is 2.49. The molecule has 0 aliphatic carbocycles. The Morgan fingerprint density at radius 1 is 1.27 bits per heavy atom. The molecule has 0 unspecified atom stereocenters. The lowest BCUT2D eigenvalue weighted by atomic mass is 10.1. The molecule has 0 aliphatic rings. The van der Waals surface area contributed by atoms with Gasteiger partial charge in [-0.1, -0.05) is 12.1 Å². The first-order valence-corrected chi connectivity index (χ1v) is 6.33. The minimum Gasteiger partial charge on any atom is -0.482 e. The number of esters is 1. The molecular formula is C14H16N2O6. The summed E-state index contributed by atoms with van der Waals surface area (Å²) in [5.74, 6) is -1.46. The zero-order valence-electron chi connectivity index (χ0n) is 12.1. The van der Waals surface area contributed by atoms with Crippen molar-refractivity contribution in [2.75, 3.05) is 6.61 Å². The van der Waals surface area contributed by atoms with Gasteiger partial charge < -0.3 is 15.2 Å². The Morgan fingerprint density at radius 2 is 1.95 bits per heavy atom. The Kier molecular flexibility index (Phi) is 6.06. The van der Waals surface area contributed by atoms with Crippen LogP contribution >= 0.6 is 0 Å². The smallest absolute Gasteiger partial charge is 0.344 e. The molecule has 8 nitrogen and oxygen atoms in total. The molecule has 0 aromatic heterocycles. The second-order valence-electron chi connectivity index (χ2n) is 4.36. The van der Waals surface area contributed by atoms with Crippen LogP contribution in [0.25, 0.3) is 0 Å². The van der Waals surface area contributed by atoms with Crippen LogP contribution in [0.1, 0.15) is 24.2 Å². The Morgan fingerprint density at radius 3 is 2.55 bits per heavy atom. The van der Waals surface area contributed by atoms with Crippen molar-refractivity contribution in [1.29, 1.82) is 0 Å². The first kappa shape index (κ1) is 17.2. The molecule has 3 amide bonds. The SMILES string of the molecule is CC(=O)c1cccc(OCC(=O)O[C@H](C)C(=O)NC(N)=O)c1. The molecule has 0 fully saturated rings. The number of ether oxygens (including phenoxy) is 2. The highest BCUT2D eigenvalue weighted by molar-refractivity contribution is 5.96. The van der Waals surface area contributed by atoms with Gasteiger partial charge in [-0.3, -0.25) is 14.9 Å². The number of Topliss-reactive ketones (excluding diaryl/α,β-unsaturated/α-hetero) is 1. The standard InChI is InChI=1S/C14H16N2O6/c1-8(17)10-4-3-5-11(6-10)21-7-12(18)22-9(2)13(19)16-14(15)20/h3-6,9H,7H2,1-2H3,(H3,15,16,19,20)/t9-/m1/s1. The van der Waals surface area contributed by atoms with Gasteiger partial charge in [0.15, 0.2) is 18.5 Å². The predicted octanol–water partition coefficient (Wildman–Crippen LogP) is 0.395. The molecule has 0 spiro atoms. The van der Waals surface area contributed by atoms with E-state index in [0.29, 0.717) is 11.3 Å². The van der Waals surface area contributed by atoms with Crippen LogP contribution in [-0.4, -0.2) is 36.4 Å². The normalized spacial score (nSPS) is 11.2. The Bertz CT molecular complexity index is 599. The third-order valence-corrected chi connectivity index (χ3v) is 2.52. The maximum Gasteiger partial charge on any atom is 0.344 e. The van der Waals surface area contributed by atoms with E-state index in [1.807, 2.05) is 0 Å². The van der Waals surface area contributed by atoms with Gasteiger partial charge in [0.25, 0.3) is 5.91 Å². The summed E-state index contributed by atoms with van der Waals surface area (Å²) in [6.45, 7) is 2.24. The topological polar surface area (TPSA) is 125 Å². The number of hydrogen-bond donors (Lipinski definition) is 2. The minimum atomic E-state index is -1.19. The summed E-state index contributed by atoms with van der Waals surface area (Å²) >= 11 is 0. The van der Waals surface area contributed by atoms with Crippen molar-refractivity contribution in [2.24, 2.45) is 5.73 Å². The Hall–Kier alpha value is -2.90. The molecule has 0 bridgehead atoms. The number of nitrogens with two attached hydrogens (primary N) is 1. The third kappa shape index (κ3) is 5.61. The van der Waals surface area contributed by atoms with Gasteiger partial charge in [-0.05, 0) is 26.0 Å². The molecule has 0 heterocycles. The average molecular weight is 308 g/mol. The summed E-state index contributed by atoms with van der Waals surface area (Å²) in [7, 11) is 0. The van der Waals surface area contributed by atoms with Gasteiger partial charge in [-0.2, -0.15) is 0 Å². The van der Waals surface area contributed by atoms with E-state index in [2.05, 4.69) is 0 Å². The van der Waals surface area contributed by atoms with Crippen LogP contribution in [0.15, 0.2) is 24.3 Å². The maximum atomic E-state index is 11.5. The number of primary amides is 1. The van der Waals surface area contributed by atoms with Crippen molar-refractivity contribution >= 4 is 23.7 Å². The lowest BCUT2D eigenvalue weighted by Gasteiger charge is -2.12. The monoisotopic (exact) mass is 308 g/mol. The average Bonchev–Trinajstić information content (AvgIpc) is 2.44. The fourth-order valence-corrected chi connectivity index (χ4v) is 1.45. The molecule has 1 aromatic rings. The molecule has 0 radical (unpaired) electrons. The molecule has 0 saturated heterocycles. The van der Waals surface area contributed by atoms with Crippen molar-refractivity contribution in [3.8, 4) is 5.75 Å². The van der Waals surface area contributed by atoms with Gasteiger partial charge in [-0.25, -0.2) is 9.59 Å². The molecule has 1 rings (SSSR count). The second-order valence-corrected chi connectivity index (χ2v) is 4.36. The molecule has 8 heteroatoms. The number of nitrogens with one attached hydrogen (secondary N) is 1. The molecule has 3 N–H and O–H groups in total. The van der Waals surface area contributed by atoms with Crippen molar-refractivity contribution in [3.63, 3.8) is 0 Å². The zero-order chi connectivity index (χ0) is 16.7. The summed E-state index contributed by atoms with van der Waals surface area (Å²) in [4.78, 5) is 44.6. The summed E-state index contributed by atoms with van der Waals surface area (Å²) in [6, 6.07) is 5.25. The lowest BCUT2D eigenvalue weighted by Crippen LogP contribution is -2.42. The van der Waals surface area contributed by atoms with E-state index in [4.69, 9.17) is 15.2 Å². The van der Waals surface area contributed by atoms with Gasteiger partial charge in [0.1, 0.15) is 5.75 Å². The maximum absolute atomic E-state index is 11.5. The largest absolute Gasteiger partial charge is 0.482 e. The van der Waals surface area contributed by atoms with Crippen LogP contribution in [0, 0.1) is 0 Å². The minimum absolute atomic E-state index is 0.134. The molecular weight excluding hydrogens is 292 g/mol. The van der Waals surface area contributed by atoms with Crippen LogP contribution in [0.3, 0.4) is 0 Å². The van der Waals surface area contributed by atoms with Crippen LogP contribution in [0.2, 0.25) is 0 Å². The van der Waals surface area contributed by atoms with E-state index in [1.54, 1.807) is 23.5 Å². The van der Waals surface area contributed by atoms with Crippen LogP contribution in [0.5, 0.6) is 5.75 Å². The number of amides is 3. The fraction of sp³-hybridized carbons (Fsp3) is 0.286. The van der Waals surface area contributed by atoms with Gasteiger partial charge >= 0.3 is 12.0 Å². The van der Waals surface area contributed by atoms with Gasteiger partial charge in [-0.15, -0.1) is 0 Å². The lowest BCUT2D eigenvalue weighted by molar-refractivity contribution is -0.156. The summed E-state index contributed by atoms with van der Waals surface area (Å²) in [6.07, 6.45) is -1.19.